The van der Waals surface area contributed by atoms with Gasteiger partial charge in [0, 0.05) is 11.6 Å². The van der Waals surface area contributed by atoms with Crippen LogP contribution in [0.1, 0.15) is 51.1 Å². The predicted octanol–water partition coefficient (Wildman–Crippen LogP) is 4.68. The fraction of sp³-hybridized carbons (Fsp3) is 0.625. The second kappa shape index (κ2) is 8.53. The van der Waals surface area contributed by atoms with Crippen LogP contribution in [0.4, 0.5) is 0 Å². The van der Waals surface area contributed by atoms with Gasteiger partial charge in [-0.05, 0) is 40.4 Å². The van der Waals surface area contributed by atoms with Crippen LogP contribution in [0.3, 0.4) is 0 Å². The second-order valence-electron chi connectivity index (χ2n) is 5.04. The highest BCUT2D eigenvalue weighted by Crippen LogP contribution is 2.41. The molecule has 0 radical (unpaired) electrons. The molecule has 114 valence electrons. The number of methoxy groups -OCH3 is 2. The lowest BCUT2D eigenvalue weighted by molar-refractivity contribution is 0.350. The summed E-state index contributed by atoms with van der Waals surface area (Å²) in [6.07, 6.45) is 4.65. The third kappa shape index (κ3) is 3.89. The van der Waals surface area contributed by atoms with Crippen molar-refractivity contribution in [3.63, 3.8) is 0 Å². The Balaban J connectivity index is 3.07. The average molecular weight is 344 g/mol. The molecule has 1 rings (SSSR count). The van der Waals surface area contributed by atoms with E-state index in [4.69, 9.17) is 15.2 Å². The summed E-state index contributed by atoms with van der Waals surface area (Å²) in [4.78, 5) is 0. The van der Waals surface area contributed by atoms with E-state index in [9.17, 15) is 0 Å². The summed E-state index contributed by atoms with van der Waals surface area (Å²) in [5, 5.41) is 0. The summed E-state index contributed by atoms with van der Waals surface area (Å²) in [7, 11) is 3.32. The van der Waals surface area contributed by atoms with Gasteiger partial charge in [0.25, 0.3) is 0 Å². The van der Waals surface area contributed by atoms with E-state index >= 15 is 0 Å². The first-order chi connectivity index (χ1) is 9.60. The van der Waals surface area contributed by atoms with E-state index in [1.165, 1.54) is 12.8 Å². The van der Waals surface area contributed by atoms with Gasteiger partial charge in [-0.15, -0.1) is 0 Å². The van der Waals surface area contributed by atoms with Gasteiger partial charge in [0.2, 0.25) is 0 Å². The van der Waals surface area contributed by atoms with Gasteiger partial charge < -0.3 is 15.2 Å². The van der Waals surface area contributed by atoms with Crippen LogP contribution < -0.4 is 15.2 Å². The van der Waals surface area contributed by atoms with E-state index in [1.807, 2.05) is 12.1 Å². The molecule has 2 unspecified atom stereocenters. The molecule has 0 aliphatic heterocycles. The number of nitrogens with two attached hydrogens (primary N) is 1. The molecular formula is C16H26BrNO2. The van der Waals surface area contributed by atoms with Crippen molar-refractivity contribution in [2.75, 3.05) is 14.2 Å². The molecule has 0 aliphatic carbocycles. The highest BCUT2D eigenvalue weighted by Gasteiger charge is 2.23. The van der Waals surface area contributed by atoms with Gasteiger partial charge in [-0.1, -0.05) is 33.1 Å². The molecule has 0 aromatic heterocycles. The number of halogens is 1. The van der Waals surface area contributed by atoms with Crippen molar-refractivity contribution < 1.29 is 9.47 Å². The van der Waals surface area contributed by atoms with Crippen molar-refractivity contribution in [3.8, 4) is 11.5 Å². The van der Waals surface area contributed by atoms with E-state index < -0.39 is 0 Å². The Morgan fingerprint density at radius 3 is 2.40 bits per heavy atom. The molecule has 2 N–H and O–H groups in total. The van der Waals surface area contributed by atoms with Crippen molar-refractivity contribution in [3.05, 3.63) is 22.2 Å². The standard InChI is InChI=1S/C16H26BrNO2/c1-5-7-8-11(6-2)15(18)12-9-10-13(19-3)14(17)16(12)20-4/h9-11,15H,5-8,18H2,1-4H3. The fourth-order valence-electron chi connectivity index (χ4n) is 2.54. The summed E-state index contributed by atoms with van der Waals surface area (Å²) in [6, 6.07) is 3.94. The lowest BCUT2D eigenvalue weighted by Gasteiger charge is -2.25. The van der Waals surface area contributed by atoms with Crippen molar-refractivity contribution >= 4 is 15.9 Å². The minimum absolute atomic E-state index is 0.0105. The molecule has 0 heterocycles. The Bertz CT molecular complexity index is 423. The molecule has 20 heavy (non-hydrogen) atoms. The average Bonchev–Trinajstić information content (AvgIpc) is 2.47. The molecule has 1 aromatic rings. The van der Waals surface area contributed by atoms with Crippen molar-refractivity contribution in [2.24, 2.45) is 11.7 Å². The smallest absolute Gasteiger partial charge is 0.141 e. The van der Waals surface area contributed by atoms with Crippen LogP contribution in [0.2, 0.25) is 0 Å². The third-order valence-electron chi connectivity index (χ3n) is 3.84. The van der Waals surface area contributed by atoms with Gasteiger partial charge in [-0.3, -0.25) is 0 Å². The SMILES string of the molecule is CCCCC(CC)C(N)c1ccc(OC)c(Br)c1OC. The molecule has 0 saturated heterocycles. The third-order valence-corrected chi connectivity index (χ3v) is 4.59. The van der Waals surface area contributed by atoms with Gasteiger partial charge >= 0.3 is 0 Å². The number of benzene rings is 1. The largest absolute Gasteiger partial charge is 0.495 e. The van der Waals surface area contributed by atoms with Crippen LogP contribution in [-0.2, 0) is 0 Å². The highest BCUT2D eigenvalue weighted by atomic mass is 79.9. The Labute approximate surface area is 131 Å². The van der Waals surface area contributed by atoms with Crippen LogP contribution >= 0.6 is 15.9 Å². The zero-order valence-electron chi connectivity index (χ0n) is 12.9. The lowest BCUT2D eigenvalue weighted by atomic mass is 9.87. The first kappa shape index (κ1) is 17.3. The molecule has 0 spiro atoms. The molecule has 1 aromatic carbocycles. The molecule has 0 bridgehead atoms. The molecule has 0 fully saturated rings. The highest BCUT2D eigenvalue weighted by molar-refractivity contribution is 9.10. The summed E-state index contributed by atoms with van der Waals surface area (Å²) in [5.74, 6) is 2.02. The minimum atomic E-state index is -0.0105. The first-order valence-electron chi connectivity index (χ1n) is 7.26. The van der Waals surface area contributed by atoms with Crippen LogP contribution in [0.25, 0.3) is 0 Å². The summed E-state index contributed by atoms with van der Waals surface area (Å²) in [5.41, 5.74) is 7.53. The molecule has 4 heteroatoms. The maximum absolute atomic E-state index is 6.49. The Morgan fingerprint density at radius 2 is 1.90 bits per heavy atom. The topological polar surface area (TPSA) is 44.5 Å². The predicted molar refractivity (Wildman–Crippen MR) is 87.5 cm³/mol. The van der Waals surface area contributed by atoms with E-state index in [-0.39, 0.29) is 6.04 Å². The van der Waals surface area contributed by atoms with E-state index in [2.05, 4.69) is 29.8 Å². The maximum Gasteiger partial charge on any atom is 0.141 e. The van der Waals surface area contributed by atoms with Crippen LogP contribution in [-0.4, -0.2) is 14.2 Å². The van der Waals surface area contributed by atoms with Crippen LogP contribution in [0, 0.1) is 5.92 Å². The number of hydrogen-bond donors (Lipinski definition) is 1. The van der Waals surface area contributed by atoms with Crippen molar-refractivity contribution in [2.45, 2.75) is 45.6 Å². The Morgan fingerprint density at radius 1 is 1.20 bits per heavy atom. The molecule has 0 aliphatic rings. The molecule has 2 atom stereocenters. The van der Waals surface area contributed by atoms with Gasteiger partial charge in [0.05, 0.1) is 14.2 Å². The Hall–Kier alpha value is -0.740. The van der Waals surface area contributed by atoms with Gasteiger partial charge in [0.15, 0.2) is 0 Å². The quantitative estimate of drug-likeness (QED) is 0.744. The van der Waals surface area contributed by atoms with Crippen LogP contribution in [0.15, 0.2) is 16.6 Å². The van der Waals surface area contributed by atoms with Crippen molar-refractivity contribution in [1.29, 1.82) is 0 Å². The number of hydrogen-bond acceptors (Lipinski definition) is 3. The Kier molecular flexibility index (Phi) is 7.38. The van der Waals surface area contributed by atoms with Crippen molar-refractivity contribution in [1.82, 2.24) is 0 Å². The van der Waals surface area contributed by atoms with E-state index in [0.717, 1.165) is 34.4 Å². The lowest BCUT2D eigenvalue weighted by Crippen LogP contribution is -2.22. The number of rotatable bonds is 8. The number of unbranched alkanes of at least 4 members (excludes halogenated alkanes) is 1. The van der Waals surface area contributed by atoms with Gasteiger partial charge in [-0.2, -0.15) is 0 Å². The minimum Gasteiger partial charge on any atom is -0.495 e. The fourth-order valence-corrected chi connectivity index (χ4v) is 3.22. The van der Waals surface area contributed by atoms with Crippen LogP contribution in [0.5, 0.6) is 11.5 Å². The zero-order valence-corrected chi connectivity index (χ0v) is 14.5. The molecule has 0 saturated carbocycles. The summed E-state index contributed by atoms with van der Waals surface area (Å²) < 4.78 is 11.7. The van der Waals surface area contributed by atoms with E-state index in [0.29, 0.717) is 5.92 Å². The first-order valence-corrected chi connectivity index (χ1v) is 8.05. The summed E-state index contributed by atoms with van der Waals surface area (Å²) >= 11 is 3.54. The monoisotopic (exact) mass is 343 g/mol. The molecular weight excluding hydrogens is 318 g/mol. The summed E-state index contributed by atoms with van der Waals surface area (Å²) in [6.45, 7) is 4.41. The van der Waals surface area contributed by atoms with Gasteiger partial charge in [0.1, 0.15) is 16.0 Å². The molecule has 0 amide bonds. The maximum atomic E-state index is 6.49. The number of ether oxygens (including phenoxy) is 2. The van der Waals surface area contributed by atoms with E-state index in [1.54, 1.807) is 14.2 Å². The zero-order chi connectivity index (χ0) is 15.1. The normalized spacial score (nSPS) is 13.9. The van der Waals surface area contributed by atoms with Gasteiger partial charge in [-0.25, -0.2) is 0 Å². The molecule has 3 nitrogen and oxygen atoms in total. The second-order valence-corrected chi connectivity index (χ2v) is 5.83.